The van der Waals surface area contributed by atoms with Crippen LogP contribution in [-0.4, -0.2) is 12.0 Å². The Labute approximate surface area is 139 Å². The van der Waals surface area contributed by atoms with Crippen LogP contribution >= 0.6 is 0 Å². The standard InChI is InChI=1S/C20H39NO/c1-3-5-6-7-8-9-10-11-12-13-14-15-17-20(16-4-2)21-18-19-22/h18,20-21H,3-17H2,1-2H3. The van der Waals surface area contributed by atoms with Crippen LogP contribution in [0.2, 0.25) is 0 Å². The van der Waals surface area contributed by atoms with Crippen LogP contribution in [0.25, 0.3) is 0 Å². The van der Waals surface area contributed by atoms with Gasteiger partial charge in [0.15, 0.2) is 0 Å². The molecule has 0 aromatic carbocycles. The van der Waals surface area contributed by atoms with Crippen LogP contribution < -0.4 is 5.32 Å². The van der Waals surface area contributed by atoms with E-state index in [4.69, 9.17) is 0 Å². The summed E-state index contributed by atoms with van der Waals surface area (Å²) in [6.45, 7) is 4.47. The first kappa shape index (κ1) is 21.2. The van der Waals surface area contributed by atoms with Crippen LogP contribution in [-0.2, 0) is 4.79 Å². The van der Waals surface area contributed by atoms with Crippen molar-refractivity contribution in [2.24, 2.45) is 0 Å². The molecule has 0 aliphatic rings. The first-order valence-corrected chi connectivity index (χ1v) is 9.80. The van der Waals surface area contributed by atoms with Crippen molar-refractivity contribution in [2.45, 2.75) is 116 Å². The van der Waals surface area contributed by atoms with Crippen LogP contribution in [0, 0.1) is 0 Å². The molecular formula is C20H39NO. The molecule has 1 N–H and O–H groups in total. The molecule has 130 valence electrons. The lowest BCUT2D eigenvalue weighted by Gasteiger charge is -2.15. The number of carbonyl (C=O) groups excluding carboxylic acids is 1. The van der Waals surface area contributed by atoms with Crippen molar-refractivity contribution in [3.05, 3.63) is 6.20 Å². The predicted octanol–water partition coefficient (Wildman–Crippen LogP) is 6.18. The molecule has 0 saturated heterocycles. The molecule has 0 saturated carbocycles. The van der Waals surface area contributed by atoms with Gasteiger partial charge in [0.2, 0.25) is 0 Å². The molecule has 0 spiro atoms. The molecule has 0 fully saturated rings. The lowest BCUT2D eigenvalue weighted by Crippen LogP contribution is -2.24. The van der Waals surface area contributed by atoms with E-state index in [1.807, 2.05) is 5.94 Å². The smallest absolute Gasteiger partial charge is 0.141 e. The molecule has 0 aromatic rings. The number of hydrogen-bond acceptors (Lipinski definition) is 2. The first-order valence-electron chi connectivity index (χ1n) is 9.80. The Kier molecular flexibility index (Phi) is 17.7. The molecule has 0 aromatic heterocycles. The van der Waals surface area contributed by atoms with Gasteiger partial charge in [0.05, 0.1) is 6.20 Å². The van der Waals surface area contributed by atoms with Gasteiger partial charge in [-0.2, -0.15) is 0 Å². The molecule has 1 atom stereocenters. The summed E-state index contributed by atoms with van der Waals surface area (Å²) in [5.74, 6) is 1.82. The van der Waals surface area contributed by atoms with E-state index in [9.17, 15) is 4.79 Å². The largest absolute Gasteiger partial charge is 0.379 e. The summed E-state index contributed by atoms with van der Waals surface area (Å²) in [5.41, 5.74) is 0. The summed E-state index contributed by atoms with van der Waals surface area (Å²) in [5, 5.41) is 3.16. The Balaban J connectivity index is 3.28. The van der Waals surface area contributed by atoms with E-state index >= 15 is 0 Å². The van der Waals surface area contributed by atoms with E-state index < -0.39 is 0 Å². The van der Waals surface area contributed by atoms with Gasteiger partial charge in [-0.05, 0) is 12.8 Å². The lowest BCUT2D eigenvalue weighted by atomic mass is 10.0. The van der Waals surface area contributed by atoms with Crippen molar-refractivity contribution >= 4 is 5.94 Å². The third-order valence-electron chi connectivity index (χ3n) is 4.42. The fourth-order valence-electron chi connectivity index (χ4n) is 3.04. The zero-order valence-electron chi connectivity index (χ0n) is 15.2. The van der Waals surface area contributed by atoms with Gasteiger partial charge in [-0.15, -0.1) is 0 Å². The van der Waals surface area contributed by atoms with E-state index in [0.29, 0.717) is 6.04 Å². The Hall–Kier alpha value is -0.750. The van der Waals surface area contributed by atoms with Gasteiger partial charge in [0.25, 0.3) is 0 Å². The van der Waals surface area contributed by atoms with E-state index in [0.717, 1.165) is 6.42 Å². The van der Waals surface area contributed by atoms with Gasteiger partial charge in [0, 0.05) is 6.04 Å². The van der Waals surface area contributed by atoms with Gasteiger partial charge in [-0.25, -0.2) is 4.79 Å². The fourth-order valence-corrected chi connectivity index (χ4v) is 3.04. The first-order chi connectivity index (χ1) is 10.8. The third kappa shape index (κ3) is 15.6. The molecular weight excluding hydrogens is 270 g/mol. The molecule has 22 heavy (non-hydrogen) atoms. The van der Waals surface area contributed by atoms with Crippen molar-refractivity contribution in [1.82, 2.24) is 5.32 Å². The van der Waals surface area contributed by atoms with Gasteiger partial charge >= 0.3 is 0 Å². The highest BCUT2D eigenvalue weighted by atomic mass is 16.1. The molecule has 2 nitrogen and oxygen atoms in total. The molecule has 0 bridgehead atoms. The maximum absolute atomic E-state index is 10.2. The van der Waals surface area contributed by atoms with E-state index in [-0.39, 0.29) is 0 Å². The minimum atomic E-state index is 0.467. The Morgan fingerprint density at radius 3 is 1.68 bits per heavy atom. The summed E-state index contributed by atoms with van der Waals surface area (Å²) in [7, 11) is 0. The SMILES string of the molecule is CCCCCCCCCCCCCCC(CCC)NC=C=O. The average Bonchev–Trinajstić information content (AvgIpc) is 2.53. The number of nitrogens with one attached hydrogen (secondary N) is 1. The number of rotatable bonds is 17. The molecule has 0 rings (SSSR count). The summed E-state index contributed by atoms with van der Waals surface area (Å²) in [6.07, 6.45) is 21.7. The minimum absolute atomic E-state index is 0.467. The van der Waals surface area contributed by atoms with Crippen LogP contribution in [0.4, 0.5) is 0 Å². The zero-order valence-corrected chi connectivity index (χ0v) is 15.2. The monoisotopic (exact) mass is 309 g/mol. The topological polar surface area (TPSA) is 29.1 Å². The lowest BCUT2D eigenvalue weighted by molar-refractivity contribution is 0.463. The van der Waals surface area contributed by atoms with Gasteiger partial charge in [-0.1, -0.05) is 97.3 Å². The Morgan fingerprint density at radius 2 is 1.23 bits per heavy atom. The second-order valence-electron chi connectivity index (χ2n) is 6.59. The highest BCUT2D eigenvalue weighted by Gasteiger charge is 2.04. The normalized spacial score (nSPS) is 11.9. The van der Waals surface area contributed by atoms with Crippen molar-refractivity contribution in [2.75, 3.05) is 0 Å². The molecule has 0 aliphatic carbocycles. The quantitative estimate of drug-likeness (QED) is 0.257. The van der Waals surface area contributed by atoms with Gasteiger partial charge < -0.3 is 5.32 Å². The molecule has 1 unspecified atom stereocenters. The molecule has 0 heterocycles. The number of hydrogen-bond donors (Lipinski definition) is 1. The van der Waals surface area contributed by atoms with Crippen LogP contribution in [0.3, 0.4) is 0 Å². The average molecular weight is 310 g/mol. The summed E-state index contributed by atoms with van der Waals surface area (Å²) >= 11 is 0. The van der Waals surface area contributed by atoms with E-state index in [1.54, 1.807) is 0 Å². The molecule has 2 heteroatoms. The molecule has 0 aliphatic heterocycles. The Bertz CT molecular complexity index is 258. The van der Waals surface area contributed by atoms with Crippen molar-refractivity contribution in [3.63, 3.8) is 0 Å². The summed E-state index contributed by atoms with van der Waals surface area (Å²) in [6, 6.07) is 0.467. The van der Waals surface area contributed by atoms with Crippen molar-refractivity contribution in [3.8, 4) is 0 Å². The highest BCUT2D eigenvalue weighted by Crippen LogP contribution is 2.14. The Morgan fingerprint density at radius 1 is 0.727 bits per heavy atom. The number of unbranched alkanes of at least 4 members (excludes halogenated alkanes) is 11. The second-order valence-corrected chi connectivity index (χ2v) is 6.59. The van der Waals surface area contributed by atoms with Crippen molar-refractivity contribution in [1.29, 1.82) is 0 Å². The summed E-state index contributed by atoms with van der Waals surface area (Å²) in [4.78, 5) is 10.2. The third-order valence-corrected chi connectivity index (χ3v) is 4.42. The van der Waals surface area contributed by atoms with Crippen molar-refractivity contribution < 1.29 is 4.79 Å². The van der Waals surface area contributed by atoms with Crippen LogP contribution in [0.5, 0.6) is 0 Å². The predicted molar refractivity (Wildman–Crippen MR) is 97.8 cm³/mol. The van der Waals surface area contributed by atoms with Gasteiger partial charge in [0.1, 0.15) is 5.94 Å². The maximum atomic E-state index is 10.2. The molecule has 0 amide bonds. The second kappa shape index (κ2) is 18.3. The fraction of sp³-hybridized carbons (Fsp3) is 0.900. The zero-order chi connectivity index (χ0) is 16.3. The highest BCUT2D eigenvalue weighted by molar-refractivity contribution is 5.43. The maximum Gasteiger partial charge on any atom is 0.141 e. The van der Waals surface area contributed by atoms with Crippen LogP contribution in [0.15, 0.2) is 6.20 Å². The summed E-state index contributed by atoms with van der Waals surface area (Å²) < 4.78 is 0. The van der Waals surface area contributed by atoms with Crippen LogP contribution in [0.1, 0.15) is 110 Å². The van der Waals surface area contributed by atoms with E-state index in [2.05, 4.69) is 19.2 Å². The van der Waals surface area contributed by atoms with Gasteiger partial charge in [-0.3, -0.25) is 0 Å². The minimum Gasteiger partial charge on any atom is -0.379 e. The molecule has 0 radical (unpaired) electrons. The van der Waals surface area contributed by atoms with E-state index in [1.165, 1.54) is 96.1 Å².